The Balaban J connectivity index is 1.59. The maximum absolute atomic E-state index is 12.6. The average molecular weight is 433 g/mol. The molecule has 0 unspecified atom stereocenters. The van der Waals surface area contributed by atoms with Gasteiger partial charge >= 0.3 is 0 Å². The molecule has 0 aliphatic heterocycles. The summed E-state index contributed by atoms with van der Waals surface area (Å²) in [5.41, 5.74) is 3.34. The third-order valence-corrected chi connectivity index (χ3v) is 6.34. The molecule has 0 atom stereocenters. The smallest absolute Gasteiger partial charge is 0.299 e. The Morgan fingerprint density at radius 2 is 1.97 bits per heavy atom. The number of hydrogen-bond acceptors (Lipinski definition) is 6. The second-order valence-electron chi connectivity index (χ2n) is 7.51. The van der Waals surface area contributed by atoms with Gasteiger partial charge in [0.15, 0.2) is 0 Å². The number of nitrogens with one attached hydrogen (secondary N) is 1. The molecule has 2 aromatic heterocycles. The van der Waals surface area contributed by atoms with Gasteiger partial charge in [0.05, 0.1) is 10.9 Å². The van der Waals surface area contributed by atoms with Crippen LogP contribution in [0, 0.1) is 5.92 Å². The quantitative estimate of drug-likeness (QED) is 0.442. The molecule has 0 saturated heterocycles. The Labute approximate surface area is 182 Å². The molecule has 1 aliphatic carbocycles. The van der Waals surface area contributed by atoms with Crippen LogP contribution in [-0.4, -0.2) is 27.1 Å². The average Bonchev–Trinajstić information content (AvgIpc) is 3.54. The summed E-state index contributed by atoms with van der Waals surface area (Å²) in [5.74, 6) is 0.384. The summed E-state index contributed by atoms with van der Waals surface area (Å²) in [7, 11) is 0. The van der Waals surface area contributed by atoms with Gasteiger partial charge < -0.3 is 10.1 Å². The van der Waals surface area contributed by atoms with Gasteiger partial charge in [0.25, 0.3) is 6.47 Å². The summed E-state index contributed by atoms with van der Waals surface area (Å²) in [5, 5.41) is 11.0. The van der Waals surface area contributed by atoms with Crippen molar-refractivity contribution in [2.24, 2.45) is 5.92 Å². The zero-order chi connectivity index (χ0) is 21.2. The van der Waals surface area contributed by atoms with E-state index in [1.807, 2.05) is 48.5 Å². The highest BCUT2D eigenvalue weighted by molar-refractivity contribution is 7.12. The number of amides is 1. The highest BCUT2D eigenvalue weighted by Gasteiger charge is 2.23. The molecule has 1 fully saturated rings. The van der Waals surface area contributed by atoms with Gasteiger partial charge in [-0.3, -0.25) is 9.59 Å². The molecule has 1 N–H and O–H groups in total. The molecule has 7 nitrogen and oxygen atoms in total. The lowest BCUT2D eigenvalue weighted by Gasteiger charge is -2.10. The molecule has 0 spiro atoms. The largest absolute Gasteiger partial charge is 0.409 e. The third kappa shape index (κ3) is 3.82. The van der Waals surface area contributed by atoms with E-state index in [2.05, 4.69) is 10.3 Å². The van der Waals surface area contributed by atoms with Crippen LogP contribution in [-0.2, 0) is 9.59 Å². The molecule has 1 aliphatic rings. The number of anilines is 1. The molecule has 2 aromatic carbocycles. The van der Waals surface area contributed by atoms with Crippen LogP contribution in [0.25, 0.3) is 27.3 Å². The predicted octanol–water partition coefficient (Wildman–Crippen LogP) is 4.81. The first-order chi connectivity index (χ1) is 15.2. The van der Waals surface area contributed by atoms with E-state index in [4.69, 9.17) is 9.84 Å². The highest BCUT2D eigenvalue weighted by atomic mass is 32.1. The first kappa shape index (κ1) is 19.4. The summed E-state index contributed by atoms with van der Waals surface area (Å²) in [6.45, 7) is 0.353. The molecule has 156 valence electrons. The number of rotatable bonds is 6. The van der Waals surface area contributed by atoms with Crippen LogP contribution in [0.5, 0.6) is 5.88 Å². The maximum Gasteiger partial charge on any atom is 0.299 e. The highest BCUT2D eigenvalue weighted by Crippen LogP contribution is 2.33. The summed E-state index contributed by atoms with van der Waals surface area (Å²) < 4.78 is 6.59. The van der Waals surface area contributed by atoms with E-state index in [0.29, 0.717) is 11.6 Å². The fourth-order valence-corrected chi connectivity index (χ4v) is 4.73. The fourth-order valence-electron chi connectivity index (χ4n) is 4.03. The summed E-state index contributed by atoms with van der Waals surface area (Å²) >= 11 is 1.32. The van der Waals surface area contributed by atoms with Crippen LogP contribution < -0.4 is 10.1 Å². The molecule has 2 heterocycles. The van der Waals surface area contributed by atoms with E-state index >= 15 is 0 Å². The Morgan fingerprint density at radius 1 is 1.16 bits per heavy atom. The van der Waals surface area contributed by atoms with Crippen molar-refractivity contribution in [2.45, 2.75) is 25.7 Å². The Kier molecular flexibility index (Phi) is 5.21. The molecular weight excluding hydrogens is 412 g/mol. The number of carbonyl (C=O) groups is 2. The first-order valence-corrected chi connectivity index (χ1v) is 11.1. The first-order valence-electron chi connectivity index (χ1n) is 10.2. The number of hydrogen-bond donors (Lipinski definition) is 1. The van der Waals surface area contributed by atoms with E-state index in [-0.39, 0.29) is 17.7 Å². The van der Waals surface area contributed by atoms with Crippen molar-refractivity contribution in [2.75, 3.05) is 5.32 Å². The minimum absolute atomic E-state index is 0.0714. The van der Waals surface area contributed by atoms with Crippen molar-refractivity contribution in [3.05, 3.63) is 53.9 Å². The van der Waals surface area contributed by atoms with Gasteiger partial charge in [0.1, 0.15) is 5.69 Å². The van der Waals surface area contributed by atoms with Gasteiger partial charge in [0.2, 0.25) is 16.9 Å². The zero-order valence-corrected chi connectivity index (χ0v) is 17.5. The lowest BCUT2D eigenvalue weighted by atomic mass is 10.1. The minimum atomic E-state index is 0.0714. The summed E-state index contributed by atoms with van der Waals surface area (Å²) in [6, 6.07) is 15.7. The van der Waals surface area contributed by atoms with Crippen LogP contribution in [0.2, 0.25) is 0 Å². The number of fused-ring (bicyclic) bond motifs is 1. The number of benzene rings is 2. The van der Waals surface area contributed by atoms with Crippen molar-refractivity contribution < 1.29 is 14.3 Å². The van der Waals surface area contributed by atoms with Crippen molar-refractivity contribution in [1.82, 2.24) is 14.8 Å². The van der Waals surface area contributed by atoms with Crippen molar-refractivity contribution in [1.29, 1.82) is 0 Å². The Morgan fingerprint density at radius 3 is 2.74 bits per heavy atom. The van der Waals surface area contributed by atoms with Crippen molar-refractivity contribution >= 4 is 40.3 Å². The number of aromatic nitrogens is 3. The summed E-state index contributed by atoms with van der Waals surface area (Å²) in [4.78, 5) is 27.6. The van der Waals surface area contributed by atoms with E-state index < -0.39 is 0 Å². The topological polar surface area (TPSA) is 86.1 Å². The molecule has 8 heteroatoms. The van der Waals surface area contributed by atoms with Crippen LogP contribution >= 0.6 is 11.3 Å². The maximum atomic E-state index is 12.6. The standard InChI is InChI=1S/C23H20N4O3S/c28-14-30-20-13-31-23(25-20)27-19-12-17(24-22(29)16-8-4-5-9-16)10-11-18(19)21(26-27)15-6-2-1-3-7-15/h1-3,6-7,10-14,16H,4-5,8-9H2,(H,24,29). The monoisotopic (exact) mass is 432 g/mol. The molecule has 0 radical (unpaired) electrons. The molecule has 31 heavy (non-hydrogen) atoms. The molecule has 1 saturated carbocycles. The second kappa shape index (κ2) is 8.31. The lowest BCUT2D eigenvalue weighted by Crippen LogP contribution is -2.20. The number of carbonyl (C=O) groups excluding carboxylic acids is 2. The van der Waals surface area contributed by atoms with E-state index in [1.165, 1.54) is 11.3 Å². The molecule has 0 bridgehead atoms. The van der Waals surface area contributed by atoms with E-state index in [9.17, 15) is 9.59 Å². The minimum Gasteiger partial charge on any atom is -0.409 e. The Hall–Kier alpha value is -3.52. The van der Waals surface area contributed by atoms with Gasteiger partial charge in [0, 0.05) is 22.6 Å². The number of nitrogens with zero attached hydrogens (tertiary/aromatic N) is 3. The third-order valence-electron chi connectivity index (χ3n) is 5.54. The molecular formula is C23H20N4O3S. The van der Waals surface area contributed by atoms with Crippen molar-refractivity contribution in [3.8, 4) is 22.3 Å². The van der Waals surface area contributed by atoms with Crippen LogP contribution in [0.4, 0.5) is 5.69 Å². The zero-order valence-electron chi connectivity index (χ0n) is 16.7. The number of ether oxygens (including phenoxy) is 1. The molecule has 5 rings (SSSR count). The molecule has 1 amide bonds. The number of thiazole rings is 1. The van der Waals surface area contributed by atoms with Gasteiger partial charge in [-0.25, -0.2) is 4.68 Å². The van der Waals surface area contributed by atoms with Gasteiger partial charge in [-0.15, -0.1) is 0 Å². The van der Waals surface area contributed by atoms with Gasteiger partial charge in [-0.05, 0) is 31.0 Å². The SMILES string of the molecule is O=COc1csc(-n2nc(-c3ccccc3)c3ccc(NC(=O)C4CCCC4)cc32)n1. The lowest BCUT2D eigenvalue weighted by molar-refractivity contribution is -0.121. The van der Waals surface area contributed by atoms with Gasteiger partial charge in [-0.2, -0.15) is 10.1 Å². The summed E-state index contributed by atoms with van der Waals surface area (Å²) in [6.07, 6.45) is 4.12. The van der Waals surface area contributed by atoms with Crippen molar-refractivity contribution in [3.63, 3.8) is 0 Å². The van der Waals surface area contributed by atoms with Crippen LogP contribution in [0.1, 0.15) is 25.7 Å². The second-order valence-corrected chi connectivity index (χ2v) is 8.35. The van der Waals surface area contributed by atoms with Crippen LogP contribution in [0.15, 0.2) is 53.9 Å². The van der Waals surface area contributed by atoms with Crippen LogP contribution in [0.3, 0.4) is 0 Å². The normalized spacial score (nSPS) is 14.1. The van der Waals surface area contributed by atoms with Gasteiger partial charge in [-0.1, -0.05) is 54.5 Å². The predicted molar refractivity (Wildman–Crippen MR) is 119 cm³/mol. The van der Waals surface area contributed by atoms with E-state index in [0.717, 1.165) is 53.5 Å². The Bertz CT molecular complexity index is 1240. The fraction of sp³-hybridized carbons (Fsp3) is 0.217. The van der Waals surface area contributed by atoms with E-state index in [1.54, 1.807) is 10.1 Å². The molecule has 4 aromatic rings.